The summed E-state index contributed by atoms with van der Waals surface area (Å²) in [6.45, 7) is 12.5. The van der Waals surface area contributed by atoms with Gasteiger partial charge in [0.05, 0.1) is 6.42 Å². The quantitative estimate of drug-likeness (QED) is 0.852. The van der Waals surface area contributed by atoms with Crippen LogP contribution in [0.3, 0.4) is 0 Å². The molecule has 0 fully saturated rings. The van der Waals surface area contributed by atoms with Crippen molar-refractivity contribution in [3.05, 3.63) is 12.2 Å². The third kappa shape index (κ3) is 3.62. The largest absolute Gasteiger partial charge is 0.325 e. The van der Waals surface area contributed by atoms with E-state index in [9.17, 15) is 4.79 Å². The van der Waals surface area contributed by atoms with E-state index in [1.54, 1.807) is 0 Å². The van der Waals surface area contributed by atoms with Gasteiger partial charge in [0.1, 0.15) is 17.9 Å². The normalized spacial score (nSPS) is 13.1. The third-order valence-corrected chi connectivity index (χ3v) is 3.86. The Balaban J connectivity index is 2.86. The van der Waals surface area contributed by atoms with Crippen molar-refractivity contribution in [1.29, 1.82) is 0 Å². The summed E-state index contributed by atoms with van der Waals surface area (Å²) in [4.78, 5) is 16.7. The van der Waals surface area contributed by atoms with Crippen LogP contribution in [0, 0.1) is 11.3 Å². The minimum atomic E-state index is -0.596. The lowest BCUT2D eigenvalue weighted by molar-refractivity contribution is -0.129. The fourth-order valence-corrected chi connectivity index (χ4v) is 1.65. The van der Waals surface area contributed by atoms with E-state index in [2.05, 4.69) is 23.9 Å². The molecule has 0 atom stereocenters. The van der Waals surface area contributed by atoms with Gasteiger partial charge in [-0.15, -0.1) is 0 Å². The van der Waals surface area contributed by atoms with Crippen molar-refractivity contribution in [2.75, 3.05) is 0 Å². The number of Topliss-reactive ketones (excluding diaryl/α,β-unsaturated/α-hetero) is 1. The average Bonchev–Trinajstić information content (AvgIpc) is 2.63. The molecule has 5 nitrogen and oxygen atoms in total. The first-order valence-corrected chi connectivity index (χ1v) is 6.74. The molecule has 0 bridgehead atoms. The zero-order valence-corrected chi connectivity index (χ0v) is 12.9. The molecule has 0 saturated carbocycles. The van der Waals surface area contributed by atoms with Gasteiger partial charge < -0.3 is 5.73 Å². The molecule has 0 amide bonds. The Morgan fingerprint density at radius 3 is 2.42 bits per heavy atom. The highest BCUT2D eigenvalue weighted by molar-refractivity contribution is 5.86. The number of hydrogen-bond donors (Lipinski definition) is 1. The number of ketones is 1. The van der Waals surface area contributed by atoms with E-state index >= 15 is 0 Å². The number of nitrogens with two attached hydrogens (primary N) is 1. The Morgan fingerprint density at radius 1 is 1.37 bits per heavy atom. The summed E-state index contributed by atoms with van der Waals surface area (Å²) in [5.41, 5.74) is 4.94. The molecular weight excluding hydrogens is 240 g/mol. The first-order valence-electron chi connectivity index (χ1n) is 6.74. The molecule has 0 saturated heterocycles. The maximum atomic E-state index is 12.5. The number of carbonyl (C=O) groups excluding carboxylic acids is 1. The highest BCUT2D eigenvalue weighted by Crippen LogP contribution is 2.30. The fraction of sp³-hybridized carbons (Fsp3) is 0.786. The second-order valence-corrected chi connectivity index (χ2v) is 6.70. The van der Waals surface area contributed by atoms with Crippen LogP contribution in [0.15, 0.2) is 6.33 Å². The van der Waals surface area contributed by atoms with Gasteiger partial charge >= 0.3 is 0 Å². The fourth-order valence-electron chi connectivity index (χ4n) is 1.65. The van der Waals surface area contributed by atoms with E-state index in [-0.39, 0.29) is 12.2 Å². The molecule has 0 aliphatic heterocycles. The Bertz CT molecular complexity index is 441. The van der Waals surface area contributed by atoms with Gasteiger partial charge in [-0.3, -0.25) is 4.79 Å². The van der Waals surface area contributed by atoms with Gasteiger partial charge in [-0.1, -0.05) is 27.7 Å². The molecule has 1 aromatic rings. The molecule has 19 heavy (non-hydrogen) atoms. The summed E-state index contributed by atoms with van der Waals surface area (Å²) in [6, 6.07) is 0. The van der Waals surface area contributed by atoms with Gasteiger partial charge in [0, 0.05) is 17.5 Å². The number of carbonyl (C=O) groups is 1. The Hall–Kier alpha value is -1.23. The molecule has 0 aliphatic carbocycles. The maximum Gasteiger partial charge on any atom is 0.147 e. The van der Waals surface area contributed by atoms with Gasteiger partial charge in [-0.05, 0) is 19.8 Å². The second-order valence-electron chi connectivity index (χ2n) is 6.70. The van der Waals surface area contributed by atoms with E-state index in [1.807, 2.05) is 32.4 Å². The zero-order chi connectivity index (χ0) is 14.8. The lowest BCUT2D eigenvalue weighted by Crippen LogP contribution is -2.52. The smallest absolute Gasteiger partial charge is 0.147 e. The van der Waals surface area contributed by atoms with E-state index in [1.165, 1.54) is 6.33 Å². The molecule has 0 unspecified atom stereocenters. The van der Waals surface area contributed by atoms with Gasteiger partial charge in [-0.25, -0.2) is 9.67 Å². The van der Waals surface area contributed by atoms with Crippen molar-refractivity contribution in [2.24, 2.45) is 17.1 Å². The van der Waals surface area contributed by atoms with Crippen molar-refractivity contribution >= 4 is 5.78 Å². The molecule has 1 aromatic heterocycles. The van der Waals surface area contributed by atoms with Gasteiger partial charge in [0.15, 0.2) is 0 Å². The zero-order valence-electron chi connectivity index (χ0n) is 12.9. The Kier molecular flexibility index (Phi) is 4.50. The number of aromatic nitrogens is 3. The van der Waals surface area contributed by atoms with Crippen LogP contribution in [0.1, 0.15) is 47.4 Å². The SMILES string of the molecule is CC(C)Cn1ncnc1CC(=O)C(C)(C)C(C)(C)N. The predicted molar refractivity (Wildman–Crippen MR) is 75.6 cm³/mol. The average molecular weight is 266 g/mol. The monoisotopic (exact) mass is 266 g/mol. The topological polar surface area (TPSA) is 73.8 Å². The van der Waals surface area contributed by atoms with E-state index in [4.69, 9.17) is 5.73 Å². The predicted octanol–water partition coefficient (Wildman–Crippen LogP) is 1.81. The number of nitrogens with zero attached hydrogens (tertiary/aromatic N) is 3. The molecule has 0 radical (unpaired) electrons. The van der Waals surface area contributed by atoms with Gasteiger partial charge in [0.2, 0.25) is 0 Å². The molecule has 0 spiro atoms. The first-order chi connectivity index (χ1) is 8.55. The van der Waals surface area contributed by atoms with Crippen molar-refractivity contribution in [3.63, 3.8) is 0 Å². The molecule has 0 aliphatic rings. The summed E-state index contributed by atoms with van der Waals surface area (Å²) >= 11 is 0. The van der Waals surface area contributed by atoms with Crippen molar-refractivity contribution in [2.45, 2.75) is 60.0 Å². The first kappa shape index (κ1) is 15.8. The minimum Gasteiger partial charge on any atom is -0.325 e. The number of rotatable bonds is 6. The third-order valence-electron chi connectivity index (χ3n) is 3.86. The van der Waals surface area contributed by atoms with Crippen LogP contribution in [-0.4, -0.2) is 26.1 Å². The van der Waals surface area contributed by atoms with Crippen molar-refractivity contribution in [3.8, 4) is 0 Å². The van der Waals surface area contributed by atoms with E-state index in [0.29, 0.717) is 5.92 Å². The molecular formula is C14H26N4O. The number of hydrogen-bond acceptors (Lipinski definition) is 4. The van der Waals surface area contributed by atoms with E-state index < -0.39 is 11.0 Å². The standard InChI is InChI=1S/C14H26N4O/c1-10(2)8-18-12(16-9-17-18)7-11(19)13(3,4)14(5,6)15/h9-10H,7-8,15H2,1-6H3. The summed E-state index contributed by atoms with van der Waals surface area (Å²) in [5.74, 6) is 1.28. The lowest BCUT2D eigenvalue weighted by Gasteiger charge is -2.37. The molecule has 108 valence electrons. The maximum absolute atomic E-state index is 12.5. The second kappa shape index (κ2) is 5.41. The summed E-state index contributed by atoms with van der Waals surface area (Å²) < 4.78 is 1.81. The van der Waals surface area contributed by atoms with Crippen LogP contribution >= 0.6 is 0 Å². The van der Waals surface area contributed by atoms with Crippen LogP contribution in [-0.2, 0) is 17.8 Å². The molecule has 5 heteroatoms. The Labute approximate surface area is 115 Å². The molecule has 2 N–H and O–H groups in total. The van der Waals surface area contributed by atoms with Gasteiger partial charge in [0.25, 0.3) is 0 Å². The lowest BCUT2D eigenvalue weighted by atomic mass is 9.71. The van der Waals surface area contributed by atoms with Crippen LogP contribution in [0.2, 0.25) is 0 Å². The summed E-state index contributed by atoms with van der Waals surface area (Å²) in [7, 11) is 0. The summed E-state index contributed by atoms with van der Waals surface area (Å²) in [5, 5.41) is 4.18. The van der Waals surface area contributed by atoms with Crippen LogP contribution in [0.25, 0.3) is 0 Å². The molecule has 1 rings (SSSR count). The highest BCUT2D eigenvalue weighted by Gasteiger charge is 2.40. The molecule has 0 aromatic carbocycles. The van der Waals surface area contributed by atoms with Crippen molar-refractivity contribution < 1.29 is 4.79 Å². The Morgan fingerprint density at radius 2 is 1.95 bits per heavy atom. The van der Waals surface area contributed by atoms with Crippen LogP contribution in [0.4, 0.5) is 0 Å². The molecule has 1 heterocycles. The highest BCUT2D eigenvalue weighted by atomic mass is 16.1. The van der Waals surface area contributed by atoms with Crippen LogP contribution < -0.4 is 5.73 Å². The minimum absolute atomic E-state index is 0.0954. The van der Waals surface area contributed by atoms with Crippen molar-refractivity contribution in [1.82, 2.24) is 14.8 Å². The van der Waals surface area contributed by atoms with Crippen LogP contribution in [0.5, 0.6) is 0 Å². The van der Waals surface area contributed by atoms with Gasteiger partial charge in [-0.2, -0.15) is 5.10 Å². The van der Waals surface area contributed by atoms with E-state index in [0.717, 1.165) is 12.4 Å². The summed E-state index contributed by atoms with van der Waals surface area (Å²) in [6.07, 6.45) is 1.78.